The van der Waals surface area contributed by atoms with Crippen LogP contribution in [0, 0.1) is 5.92 Å². The molecule has 1 aromatic heterocycles. The number of pyridine rings is 1. The SMILES string of the molecule is COC(=O)N1CC2CCC1C(NC(=O)Nc1ccc(N(C)C)nc1)C2. The molecule has 25 heavy (non-hydrogen) atoms. The maximum atomic E-state index is 12.3. The number of urea groups is 1. The number of aromatic nitrogens is 1. The van der Waals surface area contributed by atoms with Crippen LogP contribution in [0.3, 0.4) is 0 Å². The van der Waals surface area contributed by atoms with E-state index < -0.39 is 0 Å². The zero-order valence-electron chi connectivity index (χ0n) is 14.9. The number of rotatable bonds is 3. The molecule has 136 valence electrons. The average molecular weight is 347 g/mol. The van der Waals surface area contributed by atoms with Crippen molar-refractivity contribution in [1.29, 1.82) is 0 Å². The lowest BCUT2D eigenvalue weighted by atomic mass is 9.77. The highest BCUT2D eigenvalue weighted by Gasteiger charge is 2.43. The van der Waals surface area contributed by atoms with Crippen LogP contribution in [-0.4, -0.2) is 61.8 Å². The van der Waals surface area contributed by atoms with Crippen LogP contribution in [0.15, 0.2) is 18.3 Å². The first-order valence-electron chi connectivity index (χ1n) is 8.53. The summed E-state index contributed by atoms with van der Waals surface area (Å²) in [5.74, 6) is 1.24. The van der Waals surface area contributed by atoms with E-state index in [4.69, 9.17) is 4.74 Å². The number of carbonyl (C=O) groups excluding carboxylic acids is 2. The topological polar surface area (TPSA) is 86.8 Å². The van der Waals surface area contributed by atoms with Crippen LogP contribution >= 0.6 is 0 Å². The van der Waals surface area contributed by atoms with Gasteiger partial charge >= 0.3 is 12.1 Å². The molecule has 2 N–H and O–H groups in total. The van der Waals surface area contributed by atoms with Crippen molar-refractivity contribution in [2.75, 3.05) is 38.0 Å². The summed E-state index contributed by atoms with van der Waals surface area (Å²) >= 11 is 0. The molecule has 0 radical (unpaired) electrons. The number of methoxy groups -OCH3 is 1. The van der Waals surface area contributed by atoms with Crippen LogP contribution in [0.1, 0.15) is 19.3 Å². The molecule has 3 heterocycles. The molecule has 8 nitrogen and oxygen atoms in total. The molecular weight excluding hydrogens is 322 g/mol. The van der Waals surface area contributed by atoms with E-state index >= 15 is 0 Å². The minimum Gasteiger partial charge on any atom is -0.453 e. The van der Waals surface area contributed by atoms with Crippen molar-refractivity contribution in [1.82, 2.24) is 15.2 Å². The lowest BCUT2D eigenvalue weighted by Crippen LogP contribution is -2.62. The van der Waals surface area contributed by atoms with Crippen molar-refractivity contribution in [2.45, 2.75) is 31.3 Å². The number of nitrogens with one attached hydrogen (secondary N) is 2. The van der Waals surface area contributed by atoms with Gasteiger partial charge in [-0.25, -0.2) is 14.6 Å². The van der Waals surface area contributed by atoms with Crippen LogP contribution in [-0.2, 0) is 4.74 Å². The van der Waals surface area contributed by atoms with Crippen LogP contribution < -0.4 is 15.5 Å². The second-order valence-corrected chi connectivity index (χ2v) is 6.87. The van der Waals surface area contributed by atoms with Gasteiger partial charge in [-0.1, -0.05) is 0 Å². The van der Waals surface area contributed by atoms with Gasteiger partial charge in [0.15, 0.2) is 0 Å². The van der Waals surface area contributed by atoms with E-state index in [-0.39, 0.29) is 24.2 Å². The van der Waals surface area contributed by atoms with Gasteiger partial charge in [-0.05, 0) is 37.3 Å². The number of hydrogen-bond acceptors (Lipinski definition) is 5. The summed E-state index contributed by atoms with van der Waals surface area (Å²) in [6, 6.07) is 3.33. The second kappa shape index (κ2) is 7.16. The Morgan fingerprint density at radius 3 is 2.72 bits per heavy atom. The van der Waals surface area contributed by atoms with Crippen LogP contribution in [0.4, 0.5) is 21.1 Å². The Hall–Kier alpha value is -2.51. The van der Waals surface area contributed by atoms with Crippen LogP contribution in [0.5, 0.6) is 0 Å². The summed E-state index contributed by atoms with van der Waals surface area (Å²) in [5.41, 5.74) is 0.633. The quantitative estimate of drug-likeness (QED) is 0.872. The Bertz CT molecular complexity index is 634. The molecule has 3 atom stereocenters. The van der Waals surface area contributed by atoms with Gasteiger partial charge in [0.05, 0.1) is 31.1 Å². The highest BCUT2D eigenvalue weighted by molar-refractivity contribution is 5.89. The lowest BCUT2D eigenvalue weighted by Gasteiger charge is -2.49. The molecule has 3 amide bonds. The summed E-state index contributed by atoms with van der Waals surface area (Å²) in [7, 11) is 5.21. The fourth-order valence-electron chi connectivity index (χ4n) is 3.74. The number of hydrogen-bond donors (Lipinski definition) is 2. The standard InChI is InChI=1S/C17H25N5O3/c1-21(2)15-7-5-12(9-18-15)19-16(23)20-13-8-11-4-6-14(13)22(10-11)17(24)25-3/h5,7,9,11,13-14H,4,6,8,10H2,1-3H3,(H2,19,20,23). The summed E-state index contributed by atoms with van der Waals surface area (Å²) in [4.78, 5) is 32.2. The van der Waals surface area contributed by atoms with E-state index in [1.165, 1.54) is 7.11 Å². The molecule has 1 aliphatic carbocycles. The van der Waals surface area contributed by atoms with Gasteiger partial charge < -0.3 is 25.2 Å². The van der Waals surface area contributed by atoms with E-state index in [2.05, 4.69) is 15.6 Å². The normalized spacial score (nSPS) is 24.6. The van der Waals surface area contributed by atoms with Crippen molar-refractivity contribution in [3.63, 3.8) is 0 Å². The Kier molecular flexibility index (Phi) is 4.96. The fourth-order valence-corrected chi connectivity index (χ4v) is 3.74. The van der Waals surface area contributed by atoms with Gasteiger partial charge in [-0.3, -0.25) is 0 Å². The molecule has 4 rings (SSSR count). The van der Waals surface area contributed by atoms with Crippen molar-refractivity contribution in [2.24, 2.45) is 5.92 Å². The van der Waals surface area contributed by atoms with E-state index in [0.717, 1.165) is 25.1 Å². The first kappa shape index (κ1) is 17.3. The first-order valence-corrected chi connectivity index (χ1v) is 8.53. The van der Waals surface area contributed by atoms with Gasteiger partial charge in [-0.15, -0.1) is 0 Å². The molecule has 2 bridgehead atoms. The van der Waals surface area contributed by atoms with Crippen molar-refractivity contribution >= 4 is 23.6 Å². The lowest BCUT2D eigenvalue weighted by molar-refractivity contribution is 0.0214. The predicted molar refractivity (Wildman–Crippen MR) is 94.7 cm³/mol. The molecule has 1 saturated carbocycles. The third-order valence-corrected chi connectivity index (χ3v) is 4.97. The molecule has 3 aliphatic rings. The van der Waals surface area contributed by atoms with Gasteiger partial charge in [0.25, 0.3) is 0 Å². The molecule has 8 heteroatoms. The highest BCUT2D eigenvalue weighted by Crippen LogP contribution is 2.35. The van der Waals surface area contributed by atoms with E-state index in [1.54, 1.807) is 11.1 Å². The fraction of sp³-hybridized carbons (Fsp3) is 0.588. The Labute approximate surface area is 147 Å². The Balaban J connectivity index is 1.60. The van der Waals surface area contributed by atoms with Gasteiger partial charge in [0.1, 0.15) is 5.82 Å². The summed E-state index contributed by atoms with van der Waals surface area (Å²) in [6.45, 7) is 0.715. The number of ether oxygens (including phenoxy) is 1. The third kappa shape index (κ3) is 3.78. The van der Waals surface area contributed by atoms with Gasteiger partial charge in [0.2, 0.25) is 0 Å². The van der Waals surface area contributed by atoms with Crippen molar-refractivity contribution < 1.29 is 14.3 Å². The molecule has 1 aromatic rings. The minimum atomic E-state index is -0.315. The first-order chi connectivity index (χ1) is 12.0. The summed E-state index contributed by atoms with van der Waals surface area (Å²) < 4.78 is 4.87. The van der Waals surface area contributed by atoms with E-state index in [9.17, 15) is 9.59 Å². The molecule has 3 fully saturated rings. The Morgan fingerprint density at radius 2 is 2.12 bits per heavy atom. The molecule has 2 saturated heterocycles. The van der Waals surface area contributed by atoms with Crippen LogP contribution in [0.25, 0.3) is 0 Å². The smallest absolute Gasteiger partial charge is 0.409 e. The maximum absolute atomic E-state index is 12.3. The second-order valence-electron chi connectivity index (χ2n) is 6.87. The number of carbonyl (C=O) groups is 2. The number of nitrogens with zero attached hydrogens (tertiary/aromatic N) is 3. The zero-order chi connectivity index (χ0) is 18.0. The highest BCUT2D eigenvalue weighted by atomic mass is 16.5. The van der Waals surface area contributed by atoms with E-state index in [0.29, 0.717) is 18.2 Å². The molecular formula is C17H25N5O3. The molecule has 0 spiro atoms. The zero-order valence-corrected chi connectivity index (χ0v) is 14.9. The molecule has 0 aromatic carbocycles. The average Bonchev–Trinajstić information content (AvgIpc) is 2.61. The third-order valence-electron chi connectivity index (χ3n) is 4.97. The van der Waals surface area contributed by atoms with Gasteiger partial charge in [-0.2, -0.15) is 0 Å². The monoisotopic (exact) mass is 347 g/mol. The van der Waals surface area contributed by atoms with Crippen LogP contribution in [0.2, 0.25) is 0 Å². The number of amides is 3. The van der Waals surface area contributed by atoms with Crippen molar-refractivity contribution in [3.05, 3.63) is 18.3 Å². The molecule has 3 unspecified atom stereocenters. The van der Waals surface area contributed by atoms with Crippen molar-refractivity contribution in [3.8, 4) is 0 Å². The predicted octanol–water partition coefficient (Wildman–Crippen LogP) is 1.89. The van der Waals surface area contributed by atoms with Gasteiger partial charge in [0, 0.05) is 20.6 Å². The Morgan fingerprint density at radius 1 is 1.32 bits per heavy atom. The van der Waals surface area contributed by atoms with E-state index in [1.807, 2.05) is 31.1 Å². The maximum Gasteiger partial charge on any atom is 0.409 e. The summed E-state index contributed by atoms with van der Waals surface area (Å²) in [5, 5.41) is 5.81. The number of anilines is 2. The number of fused-ring (bicyclic) bond motifs is 3. The minimum absolute atomic E-state index is 0.00237. The number of piperidine rings is 2. The molecule has 2 aliphatic heterocycles. The summed E-state index contributed by atoms with van der Waals surface area (Å²) in [6.07, 6.45) is 4.19. The largest absolute Gasteiger partial charge is 0.453 e.